The van der Waals surface area contributed by atoms with Gasteiger partial charge in [0, 0.05) is 43.9 Å². The molecule has 1 aromatic heterocycles. The van der Waals surface area contributed by atoms with Gasteiger partial charge in [-0.3, -0.25) is 4.79 Å². The Hall–Kier alpha value is -2.01. The fourth-order valence-electron chi connectivity index (χ4n) is 2.73. The lowest BCUT2D eigenvalue weighted by atomic mass is 10.1. The van der Waals surface area contributed by atoms with Crippen LogP contribution in [0.1, 0.15) is 18.4 Å². The van der Waals surface area contributed by atoms with Crippen LogP contribution in [-0.4, -0.2) is 40.7 Å². The zero-order chi connectivity index (χ0) is 16.6. The Morgan fingerprint density at radius 2 is 1.88 bits per heavy atom. The minimum atomic E-state index is 0.154. The summed E-state index contributed by atoms with van der Waals surface area (Å²) in [4.78, 5) is 18.5. The lowest BCUT2D eigenvalue weighted by Gasteiger charge is -2.31. The molecular weight excluding hydrogens is 320 g/mol. The summed E-state index contributed by atoms with van der Waals surface area (Å²) in [6.07, 6.45) is 3.62. The molecule has 1 fully saturated rings. The molecule has 1 aliphatic rings. The average molecular weight is 342 g/mol. The van der Waals surface area contributed by atoms with E-state index in [-0.39, 0.29) is 12.0 Å². The molecule has 1 aromatic carbocycles. The van der Waals surface area contributed by atoms with Crippen LogP contribution in [-0.2, 0) is 10.5 Å². The smallest absolute Gasteiger partial charge is 0.232 e. The number of rotatable bonds is 6. The van der Waals surface area contributed by atoms with Crippen molar-refractivity contribution < 1.29 is 9.53 Å². The molecule has 1 saturated heterocycles. The highest BCUT2D eigenvalue weighted by Gasteiger charge is 2.23. The van der Waals surface area contributed by atoms with Gasteiger partial charge in [0.1, 0.15) is 6.10 Å². The van der Waals surface area contributed by atoms with E-state index in [4.69, 9.17) is 4.74 Å². The predicted molar refractivity (Wildman–Crippen MR) is 97.1 cm³/mol. The maximum absolute atomic E-state index is 12.3. The van der Waals surface area contributed by atoms with Crippen molar-refractivity contribution in [3.8, 4) is 5.88 Å². The Bertz CT molecular complexity index is 628. The first-order valence-electron chi connectivity index (χ1n) is 8.28. The minimum absolute atomic E-state index is 0.154. The molecule has 0 N–H and O–H groups in total. The SMILES string of the molecule is O=C(CSCc1ccccc1)N1CCC(Oc2ccccn2)CC1. The van der Waals surface area contributed by atoms with Gasteiger partial charge in [-0.05, 0) is 11.6 Å². The van der Waals surface area contributed by atoms with Crippen molar-refractivity contribution in [2.24, 2.45) is 0 Å². The lowest BCUT2D eigenvalue weighted by Crippen LogP contribution is -2.42. The largest absolute Gasteiger partial charge is 0.474 e. The van der Waals surface area contributed by atoms with Crippen LogP contribution in [0.4, 0.5) is 0 Å². The molecule has 0 unspecified atom stereocenters. The standard InChI is InChI=1S/C19H22N2O2S/c22-19(15-24-14-16-6-2-1-3-7-16)21-12-9-17(10-13-21)23-18-8-4-5-11-20-18/h1-8,11,17H,9-10,12-15H2. The summed E-state index contributed by atoms with van der Waals surface area (Å²) in [5, 5.41) is 0. The molecule has 0 radical (unpaired) electrons. The number of aromatic nitrogens is 1. The highest BCUT2D eigenvalue weighted by atomic mass is 32.2. The number of ether oxygens (including phenoxy) is 1. The van der Waals surface area contributed by atoms with Crippen LogP contribution < -0.4 is 4.74 Å². The fourth-order valence-corrected chi connectivity index (χ4v) is 3.62. The highest BCUT2D eigenvalue weighted by Crippen LogP contribution is 2.18. The number of carbonyl (C=O) groups is 1. The van der Waals surface area contributed by atoms with Crippen LogP contribution in [0.5, 0.6) is 5.88 Å². The second-order valence-electron chi connectivity index (χ2n) is 5.84. The third-order valence-electron chi connectivity index (χ3n) is 4.06. The van der Waals surface area contributed by atoms with Crippen molar-refractivity contribution in [2.45, 2.75) is 24.7 Å². The molecule has 3 rings (SSSR count). The van der Waals surface area contributed by atoms with Gasteiger partial charge >= 0.3 is 0 Å². The molecule has 4 nitrogen and oxygen atoms in total. The van der Waals surface area contributed by atoms with E-state index in [1.165, 1.54) is 5.56 Å². The number of thioether (sulfide) groups is 1. The first-order valence-corrected chi connectivity index (χ1v) is 9.44. The summed E-state index contributed by atoms with van der Waals surface area (Å²) in [5.74, 6) is 2.32. The molecule has 2 aromatic rings. The summed E-state index contributed by atoms with van der Waals surface area (Å²) < 4.78 is 5.87. The number of benzene rings is 1. The van der Waals surface area contributed by atoms with Gasteiger partial charge in [-0.2, -0.15) is 0 Å². The number of hydrogen-bond acceptors (Lipinski definition) is 4. The third-order valence-corrected chi connectivity index (χ3v) is 5.05. The van der Waals surface area contributed by atoms with Crippen molar-refractivity contribution >= 4 is 17.7 Å². The summed E-state index contributed by atoms with van der Waals surface area (Å²) in [5.41, 5.74) is 1.26. The third kappa shape index (κ3) is 4.99. The Morgan fingerprint density at radius 3 is 2.58 bits per heavy atom. The Balaban J connectivity index is 1.37. The van der Waals surface area contributed by atoms with Crippen molar-refractivity contribution in [1.29, 1.82) is 0 Å². The summed E-state index contributed by atoms with van der Waals surface area (Å²) in [6.45, 7) is 1.53. The molecule has 24 heavy (non-hydrogen) atoms. The molecule has 0 spiro atoms. The molecule has 0 aliphatic carbocycles. The van der Waals surface area contributed by atoms with Gasteiger partial charge in [0.05, 0.1) is 5.75 Å². The topological polar surface area (TPSA) is 42.4 Å². The van der Waals surface area contributed by atoms with Gasteiger partial charge in [0.25, 0.3) is 0 Å². The van der Waals surface area contributed by atoms with Crippen molar-refractivity contribution in [3.63, 3.8) is 0 Å². The first-order chi connectivity index (χ1) is 11.8. The first kappa shape index (κ1) is 16.8. The monoisotopic (exact) mass is 342 g/mol. The predicted octanol–water partition coefficient (Wildman–Crippen LogP) is 3.38. The second kappa shape index (κ2) is 8.73. The molecule has 5 heteroatoms. The molecule has 1 amide bonds. The van der Waals surface area contributed by atoms with Gasteiger partial charge in [0.2, 0.25) is 11.8 Å². The van der Waals surface area contributed by atoms with Crippen molar-refractivity contribution in [1.82, 2.24) is 9.88 Å². The van der Waals surface area contributed by atoms with Gasteiger partial charge < -0.3 is 9.64 Å². The van der Waals surface area contributed by atoms with E-state index < -0.39 is 0 Å². The molecule has 126 valence electrons. The molecular formula is C19H22N2O2S. The van der Waals surface area contributed by atoms with E-state index in [0.717, 1.165) is 31.7 Å². The summed E-state index contributed by atoms with van der Waals surface area (Å²) in [7, 11) is 0. The van der Waals surface area contributed by atoms with Gasteiger partial charge in [0.15, 0.2) is 0 Å². The number of piperidine rings is 1. The zero-order valence-corrected chi connectivity index (χ0v) is 14.5. The minimum Gasteiger partial charge on any atom is -0.474 e. The number of carbonyl (C=O) groups excluding carboxylic acids is 1. The number of likely N-dealkylation sites (tertiary alicyclic amines) is 1. The molecule has 1 aliphatic heterocycles. The van der Waals surface area contributed by atoms with Crippen LogP contribution in [0, 0.1) is 0 Å². The maximum Gasteiger partial charge on any atom is 0.232 e. The van der Waals surface area contributed by atoms with Crippen LogP contribution in [0.2, 0.25) is 0 Å². The van der Waals surface area contributed by atoms with Crippen LogP contribution in [0.25, 0.3) is 0 Å². The second-order valence-corrected chi connectivity index (χ2v) is 6.83. The Labute approximate surface area is 147 Å². The van der Waals surface area contributed by atoms with E-state index in [1.807, 2.05) is 41.3 Å². The van der Waals surface area contributed by atoms with Gasteiger partial charge in [-0.15, -0.1) is 11.8 Å². The number of nitrogens with zero attached hydrogens (tertiary/aromatic N) is 2. The van der Waals surface area contributed by atoms with E-state index in [9.17, 15) is 4.79 Å². The van der Waals surface area contributed by atoms with E-state index in [1.54, 1.807) is 18.0 Å². The van der Waals surface area contributed by atoms with Gasteiger partial charge in [-0.25, -0.2) is 4.98 Å². The fraction of sp³-hybridized carbons (Fsp3) is 0.368. The summed E-state index contributed by atoms with van der Waals surface area (Å²) >= 11 is 1.68. The Morgan fingerprint density at radius 1 is 1.12 bits per heavy atom. The van der Waals surface area contributed by atoms with E-state index >= 15 is 0 Å². The zero-order valence-electron chi connectivity index (χ0n) is 13.6. The van der Waals surface area contributed by atoms with Gasteiger partial charge in [-0.1, -0.05) is 36.4 Å². The van der Waals surface area contributed by atoms with Crippen LogP contribution >= 0.6 is 11.8 Å². The van der Waals surface area contributed by atoms with Crippen LogP contribution in [0.15, 0.2) is 54.7 Å². The molecule has 0 saturated carbocycles. The average Bonchev–Trinajstić information content (AvgIpc) is 2.64. The maximum atomic E-state index is 12.3. The quantitative estimate of drug-likeness (QED) is 0.807. The van der Waals surface area contributed by atoms with Crippen LogP contribution in [0.3, 0.4) is 0 Å². The lowest BCUT2D eigenvalue weighted by molar-refractivity contribution is -0.130. The highest BCUT2D eigenvalue weighted by molar-refractivity contribution is 7.99. The number of hydrogen-bond donors (Lipinski definition) is 0. The molecule has 2 heterocycles. The molecule has 0 bridgehead atoms. The normalized spacial score (nSPS) is 15.2. The number of amides is 1. The Kier molecular flexibility index (Phi) is 6.13. The number of pyridine rings is 1. The van der Waals surface area contributed by atoms with Crippen molar-refractivity contribution in [3.05, 3.63) is 60.3 Å². The van der Waals surface area contributed by atoms with E-state index in [0.29, 0.717) is 11.6 Å². The summed E-state index contributed by atoms with van der Waals surface area (Å²) in [6, 6.07) is 15.9. The van der Waals surface area contributed by atoms with E-state index in [2.05, 4.69) is 17.1 Å². The molecule has 0 atom stereocenters. The van der Waals surface area contributed by atoms with Crippen molar-refractivity contribution in [2.75, 3.05) is 18.8 Å².